The lowest BCUT2D eigenvalue weighted by atomic mass is 10.2. The van der Waals surface area contributed by atoms with Gasteiger partial charge in [0.15, 0.2) is 18.2 Å². The molecule has 0 aromatic carbocycles. The number of nitrogens with zero attached hydrogens (tertiary/aromatic N) is 3. The van der Waals surface area contributed by atoms with Crippen LogP contribution in [0.3, 0.4) is 0 Å². The van der Waals surface area contributed by atoms with Crippen LogP contribution in [-0.4, -0.2) is 57.7 Å². The van der Waals surface area contributed by atoms with Gasteiger partial charge in [-0.1, -0.05) is 0 Å². The first kappa shape index (κ1) is 13.8. The minimum atomic E-state index is 0.769. The molecule has 6 nitrogen and oxygen atoms in total. The average molecular weight is 267 g/mol. The van der Waals surface area contributed by atoms with Crippen molar-refractivity contribution in [2.45, 2.75) is 25.7 Å². The van der Waals surface area contributed by atoms with Gasteiger partial charge in [0.05, 0.1) is 19.6 Å². The summed E-state index contributed by atoms with van der Waals surface area (Å²) in [6, 6.07) is 0. The standard InChI is InChI=1S/C10H16N2O2.C3H5NO/c1(3-9-11-5-7-13-9)2-4-10-12-6-8-14-10;1-2-5-3-4-1/h1-8H2;3H,1-2H2. The fourth-order valence-corrected chi connectivity index (χ4v) is 1.88. The van der Waals surface area contributed by atoms with Gasteiger partial charge in [-0.15, -0.1) is 0 Å². The quantitative estimate of drug-likeness (QED) is 0.708. The Morgan fingerprint density at radius 1 is 0.842 bits per heavy atom. The van der Waals surface area contributed by atoms with Crippen molar-refractivity contribution in [1.29, 1.82) is 0 Å². The molecule has 0 fully saturated rings. The van der Waals surface area contributed by atoms with Crippen LogP contribution in [0.2, 0.25) is 0 Å². The Balaban J connectivity index is 0.000000224. The van der Waals surface area contributed by atoms with E-state index in [1.165, 1.54) is 6.40 Å². The molecule has 0 saturated carbocycles. The molecule has 106 valence electrons. The van der Waals surface area contributed by atoms with Crippen molar-refractivity contribution in [3.05, 3.63) is 0 Å². The number of hydrogen-bond acceptors (Lipinski definition) is 6. The monoisotopic (exact) mass is 267 g/mol. The van der Waals surface area contributed by atoms with E-state index in [4.69, 9.17) is 9.47 Å². The summed E-state index contributed by atoms with van der Waals surface area (Å²) in [5.74, 6) is 1.86. The van der Waals surface area contributed by atoms with Gasteiger partial charge in [-0.3, -0.25) is 15.0 Å². The van der Waals surface area contributed by atoms with Crippen molar-refractivity contribution in [2.24, 2.45) is 15.0 Å². The van der Waals surface area contributed by atoms with Gasteiger partial charge >= 0.3 is 0 Å². The zero-order valence-electron chi connectivity index (χ0n) is 11.2. The SMILES string of the molecule is C(CCC1=NCCO1)CC1=NCCO1.C1=NCCO1. The molecule has 0 aromatic rings. The normalized spacial score (nSPS) is 19.8. The lowest BCUT2D eigenvalue weighted by molar-refractivity contribution is 0.332. The minimum Gasteiger partial charge on any atom is -0.482 e. The third-order valence-corrected chi connectivity index (χ3v) is 2.81. The van der Waals surface area contributed by atoms with Gasteiger partial charge < -0.3 is 14.2 Å². The highest BCUT2D eigenvalue weighted by atomic mass is 16.5. The van der Waals surface area contributed by atoms with E-state index in [2.05, 4.69) is 19.7 Å². The Bertz CT molecular complexity index is 321. The summed E-state index contributed by atoms with van der Waals surface area (Å²) < 4.78 is 15.3. The first-order valence-corrected chi connectivity index (χ1v) is 6.87. The lowest BCUT2D eigenvalue weighted by Crippen LogP contribution is -2.01. The van der Waals surface area contributed by atoms with Crippen molar-refractivity contribution in [1.82, 2.24) is 0 Å². The maximum Gasteiger partial charge on any atom is 0.183 e. The van der Waals surface area contributed by atoms with Gasteiger partial charge in [0, 0.05) is 12.8 Å². The van der Waals surface area contributed by atoms with Crippen molar-refractivity contribution >= 4 is 18.2 Å². The van der Waals surface area contributed by atoms with E-state index < -0.39 is 0 Å². The fraction of sp³-hybridized carbons (Fsp3) is 0.769. The van der Waals surface area contributed by atoms with Gasteiger partial charge in [0.1, 0.15) is 19.8 Å². The molecule has 0 N–H and O–H groups in total. The molecule has 0 aliphatic carbocycles. The predicted molar refractivity (Wildman–Crippen MR) is 74.3 cm³/mol. The molecule has 3 rings (SSSR count). The highest BCUT2D eigenvalue weighted by Crippen LogP contribution is 2.08. The summed E-state index contributed by atoms with van der Waals surface area (Å²) in [6.07, 6.45) is 5.64. The van der Waals surface area contributed by atoms with Crippen LogP contribution in [0.5, 0.6) is 0 Å². The topological polar surface area (TPSA) is 64.8 Å². The summed E-state index contributed by atoms with van der Waals surface area (Å²) in [4.78, 5) is 12.2. The summed E-state index contributed by atoms with van der Waals surface area (Å²) in [5.41, 5.74) is 0. The van der Waals surface area contributed by atoms with Crippen LogP contribution in [0, 0.1) is 0 Å². The van der Waals surface area contributed by atoms with Gasteiger partial charge in [0.25, 0.3) is 0 Å². The molecule has 6 heteroatoms. The van der Waals surface area contributed by atoms with E-state index in [-0.39, 0.29) is 0 Å². The van der Waals surface area contributed by atoms with Gasteiger partial charge in [-0.25, -0.2) is 0 Å². The number of rotatable bonds is 5. The molecule has 3 aliphatic heterocycles. The highest BCUT2D eigenvalue weighted by molar-refractivity contribution is 5.78. The minimum absolute atomic E-state index is 0.769. The third kappa shape index (κ3) is 5.72. The van der Waals surface area contributed by atoms with E-state index in [0.29, 0.717) is 0 Å². The number of ether oxygens (including phenoxy) is 3. The zero-order chi connectivity index (χ0) is 13.2. The Labute approximate surface area is 113 Å². The van der Waals surface area contributed by atoms with Crippen LogP contribution in [0.1, 0.15) is 25.7 Å². The Morgan fingerprint density at radius 3 is 1.79 bits per heavy atom. The highest BCUT2D eigenvalue weighted by Gasteiger charge is 2.09. The molecular formula is C13H21N3O3. The zero-order valence-corrected chi connectivity index (χ0v) is 11.2. The second-order valence-corrected chi connectivity index (χ2v) is 4.34. The van der Waals surface area contributed by atoms with Crippen LogP contribution in [-0.2, 0) is 14.2 Å². The van der Waals surface area contributed by atoms with Crippen LogP contribution >= 0.6 is 0 Å². The molecule has 3 heterocycles. The van der Waals surface area contributed by atoms with E-state index in [0.717, 1.165) is 76.9 Å². The number of unbranched alkanes of at least 4 members (excludes halogenated alkanes) is 1. The van der Waals surface area contributed by atoms with Crippen LogP contribution < -0.4 is 0 Å². The molecule has 0 atom stereocenters. The molecule has 19 heavy (non-hydrogen) atoms. The Morgan fingerprint density at radius 2 is 1.47 bits per heavy atom. The second-order valence-electron chi connectivity index (χ2n) is 4.34. The molecule has 0 aromatic heterocycles. The maximum atomic E-state index is 5.31. The number of hydrogen-bond donors (Lipinski definition) is 0. The molecule has 0 radical (unpaired) electrons. The van der Waals surface area contributed by atoms with Gasteiger partial charge in [-0.2, -0.15) is 0 Å². The largest absolute Gasteiger partial charge is 0.482 e. The predicted octanol–water partition coefficient (Wildman–Crippen LogP) is 1.45. The lowest BCUT2D eigenvalue weighted by Gasteiger charge is -2.02. The van der Waals surface area contributed by atoms with Crippen molar-refractivity contribution in [2.75, 3.05) is 39.5 Å². The van der Waals surface area contributed by atoms with E-state index in [1.54, 1.807) is 0 Å². The van der Waals surface area contributed by atoms with Crippen LogP contribution in [0.25, 0.3) is 0 Å². The number of aliphatic imine (C=N–C) groups is 3. The average Bonchev–Trinajstić information content (AvgIpc) is 3.18. The first-order valence-electron chi connectivity index (χ1n) is 6.87. The van der Waals surface area contributed by atoms with Crippen molar-refractivity contribution in [3.8, 4) is 0 Å². The van der Waals surface area contributed by atoms with Crippen LogP contribution in [0.15, 0.2) is 15.0 Å². The summed E-state index contributed by atoms with van der Waals surface area (Å²) >= 11 is 0. The van der Waals surface area contributed by atoms with Crippen molar-refractivity contribution < 1.29 is 14.2 Å². The maximum absolute atomic E-state index is 5.31. The van der Waals surface area contributed by atoms with E-state index in [1.807, 2.05) is 0 Å². The van der Waals surface area contributed by atoms with Gasteiger partial charge in [-0.05, 0) is 12.8 Å². The smallest absolute Gasteiger partial charge is 0.183 e. The molecule has 0 spiro atoms. The second kappa shape index (κ2) is 8.50. The molecule has 0 bridgehead atoms. The summed E-state index contributed by atoms with van der Waals surface area (Å²) in [7, 11) is 0. The molecule has 0 amide bonds. The van der Waals surface area contributed by atoms with E-state index in [9.17, 15) is 0 Å². The van der Waals surface area contributed by atoms with Crippen molar-refractivity contribution in [3.63, 3.8) is 0 Å². The van der Waals surface area contributed by atoms with E-state index >= 15 is 0 Å². The Hall–Kier alpha value is -1.59. The first-order chi connectivity index (χ1) is 9.45. The third-order valence-electron chi connectivity index (χ3n) is 2.81. The summed E-state index contributed by atoms with van der Waals surface area (Å²) in [5, 5.41) is 0. The Kier molecular flexibility index (Phi) is 6.19. The fourth-order valence-electron chi connectivity index (χ4n) is 1.88. The molecule has 3 aliphatic rings. The van der Waals surface area contributed by atoms with Gasteiger partial charge in [0.2, 0.25) is 0 Å². The molecular weight excluding hydrogens is 246 g/mol. The van der Waals surface area contributed by atoms with Crippen LogP contribution in [0.4, 0.5) is 0 Å². The molecule has 0 unspecified atom stereocenters. The molecule has 0 saturated heterocycles. The summed E-state index contributed by atoms with van der Waals surface area (Å²) in [6.45, 7) is 4.84.